The molecule has 40 heavy (non-hydrogen) atoms. The number of rotatable bonds is 4. The van der Waals surface area contributed by atoms with Crippen LogP contribution in [0.25, 0.3) is 21.8 Å². The molecule has 4 N–H and O–H groups in total. The van der Waals surface area contributed by atoms with Crippen molar-refractivity contribution in [3.8, 4) is 0 Å². The lowest BCUT2D eigenvalue weighted by Crippen LogP contribution is -2.13. The second-order valence-corrected chi connectivity index (χ2v) is 10.1. The summed E-state index contributed by atoms with van der Waals surface area (Å²) >= 11 is 0. The van der Waals surface area contributed by atoms with Gasteiger partial charge in [-0.1, -0.05) is 48.5 Å². The van der Waals surface area contributed by atoms with Crippen molar-refractivity contribution in [3.63, 3.8) is 0 Å². The monoisotopic (exact) mass is 526 g/mol. The molecule has 8 nitrogen and oxygen atoms in total. The summed E-state index contributed by atoms with van der Waals surface area (Å²) in [6, 6.07) is 27.6. The molecule has 6 aromatic rings. The molecule has 0 fully saturated rings. The predicted molar refractivity (Wildman–Crippen MR) is 159 cm³/mol. The van der Waals surface area contributed by atoms with Gasteiger partial charge in [0.15, 0.2) is 0 Å². The summed E-state index contributed by atoms with van der Waals surface area (Å²) in [4.78, 5) is 40.2. The van der Waals surface area contributed by atoms with Crippen LogP contribution in [0, 0.1) is 0 Å². The van der Waals surface area contributed by atoms with E-state index in [-0.39, 0.29) is 11.1 Å². The van der Waals surface area contributed by atoms with Crippen LogP contribution in [0.15, 0.2) is 94.5 Å². The molecule has 0 unspecified atom stereocenters. The summed E-state index contributed by atoms with van der Waals surface area (Å²) in [5.74, 6) is 0.863. The Kier molecular flexibility index (Phi) is 5.85. The fourth-order valence-electron chi connectivity index (χ4n) is 5.33. The van der Waals surface area contributed by atoms with E-state index in [2.05, 4.69) is 67.0 Å². The van der Waals surface area contributed by atoms with Crippen LogP contribution in [0.5, 0.6) is 0 Å². The molecule has 0 atom stereocenters. The summed E-state index contributed by atoms with van der Waals surface area (Å²) in [6.45, 7) is 0. The molecule has 0 aliphatic heterocycles. The highest BCUT2D eigenvalue weighted by molar-refractivity contribution is 5.80. The maximum absolute atomic E-state index is 12.6. The first-order valence-corrected chi connectivity index (χ1v) is 13.3. The van der Waals surface area contributed by atoms with E-state index in [0.717, 1.165) is 48.2 Å². The van der Waals surface area contributed by atoms with E-state index in [1.54, 1.807) is 12.1 Å². The Balaban J connectivity index is 1.19. The van der Waals surface area contributed by atoms with E-state index in [9.17, 15) is 9.59 Å². The fraction of sp³-hybridized carbons (Fsp3) is 0.125. The minimum Gasteiger partial charge on any atom is -0.325 e. The zero-order chi connectivity index (χ0) is 27.1. The third-order valence-electron chi connectivity index (χ3n) is 7.45. The molecule has 0 radical (unpaired) electrons. The Morgan fingerprint density at radius 3 is 1.48 bits per heavy atom. The van der Waals surface area contributed by atoms with Crippen LogP contribution in [-0.4, -0.2) is 19.9 Å². The Morgan fingerprint density at radius 2 is 1.00 bits per heavy atom. The van der Waals surface area contributed by atoms with Gasteiger partial charge in [-0.25, -0.2) is 9.97 Å². The SMILES string of the molecule is O=c1[nH]c(Nc2cc3ccc2CCc2ccc(c(Nc4nc5ccccc5c(=O)[nH]4)c2)CC3)nc2ccccc12. The van der Waals surface area contributed by atoms with Gasteiger partial charge in [-0.3, -0.25) is 19.6 Å². The van der Waals surface area contributed by atoms with Crippen LogP contribution in [-0.2, 0) is 25.7 Å². The highest BCUT2D eigenvalue weighted by Gasteiger charge is 2.13. The van der Waals surface area contributed by atoms with E-state index < -0.39 is 0 Å². The number of anilines is 4. The highest BCUT2D eigenvalue weighted by Crippen LogP contribution is 2.28. The van der Waals surface area contributed by atoms with Gasteiger partial charge in [-0.2, -0.15) is 0 Å². The largest absolute Gasteiger partial charge is 0.325 e. The Bertz CT molecular complexity index is 1880. The van der Waals surface area contributed by atoms with Gasteiger partial charge >= 0.3 is 0 Å². The number of nitrogens with zero attached hydrogens (tertiary/aromatic N) is 2. The minimum atomic E-state index is -0.165. The maximum atomic E-state index is 12.6. The van der Waals surface area contributed by atoms with Crippen LogP contribution in [0.4, 0.5) is 23.3 Å². The molecule has 2 heterocycles. The molecule has 0 amide bonds. The molecule has 196 valence electrons. The number of hydrogen-bond acceptors (Lipinski definition) is 6. The van der Waals surface area contributed by atoms with E-state index in [1.807, 2.05) is 36.4 Å². The molecule has 4 aromatic carbocycles. The smallest absolute Gasteiger partial charge is 0.260 e. The van der Waals surface area contributed by atoms with Crippen molar-refractivity contribution < 1.29 is 0 Å². The molecule has 0 saturated carbocycles. The number of para-hydroxylation sites is 2. The molecule has 0 saturated heterocycles. The fourth-order valence-corrected chi connectivity index (χ4v) is 5.33. The van der Waals surface area contributed by atoms with Crippen molar-refractivity contribution in [1.82, 2.24) is 19.9 Å². The van der Waals surface area contributed by atoms with Crippen molar-refractivity contribution in [2.45, 2.75) is 25.7 Å². The number of aryl methyl sites for hydroxylation is 4. The standard InChI is InChI=1S/C32H26N6O2/c39-29-23-5-1-3-7-25(23)33-31(37-29)35-27-17-19-9-13-21(27)15-11-20-10-14-22(16-12-19)28(18-20)36-32-34-26-8-4-2-6-24(26)30(40)38-32/h1-10,13-14,17-18H,11-12,15-16H2,(H2,33,35,37,39)(H2,34,36,38,40). The molecule has 4 bridgehead atoms. The minimum absolute atomic E-state index is 0.165. The molecule has 4 aliphatic carbocycles. The Hall–Kier alpha value is -5.24. The lowest BCUT2D eigenvalue weighted by Gasteiger charge is -2.18. The lowest BCUT2D eigenvalue weighted by atomic mass is 9.94. The summed E-state index contributed by atoms with van der Waals surface area (Å²) < 4.78 is 0. The molecular formula is C32H26N6O2. The molecule has 4 aliphatic rings. The summed E-state index contributed by atoms with van der Waals surface area (Å²) in [5, 5.41) is 7.91. The summed E-state index contributed by atoms with van der Waals surface area (Å²) in [5.41, 5.74) is 7.49. The second-order valence-electron chi connectivity index (χ2n) is 10.1. The first-order chi connectivity index (χ1) is 19.6. The molecule has 0 spiro atoms. The number of aromatic amines is 2. The zero-order valence-electron chi connectivity index (χ0n) is 21.6. The zero-order valence-corrected chi connectivity index (χ0v) is 21.6. The van der Waals surface area contributed by atoms with Crippen molar-refractivity contribution in [3.05, 3.63) is 128 Å². The van der Waals surface area contributed by atoms with Crippen LogP contribution in [0.1, 0.15) is 22.3 Å². The van der Waals surface area contributed by atoms with Crippen molar-refractivity contribution >= 4 is 45.1 Å². The summed E-state index contributed by atoms with van der Waals surface area (Å²) in [7, 11) is 0. The van der Waals surface area contributed by atoms with Gasteiger partial charge in [0.25, 0.3) is 11.1 Å². The Labute approximate surface area is 229 Å². The average molecular weight is 527 g/mol. The van der Waals surface area contributed by atoms with Gasteiger partial charge in [0, 0.05) is 11.4 Å². The van der Waals surface area contributed by atoms with E-state index in [0.29, 0.717) is 33.7 Å². The quantitative estimate of drug-likeness (QED) is 0.240. The van der Waals surface area contributed by atoms with Gasteiger partial charge < -0.3 is 10.6 Å². The molecule has 10 rings (SSSR count). The highest BCUT2D eigenvalue weighted by atomic mass is 16.1. The number of nitrogens with one attached hydrogen (secondary N) is 4. The van der Waals surface area contributed by atoms with Crippen molar-refractivity contribution in [2.24, 2.45) is 0 Å². The van der Waals surface area contributed by atoms with E-state index in [4.69, 9.17) is 0 Å². The van der Waals surface area contributed by atoms with Gasteiger partial charge in [0.1, 0.15) is 0 Å². The van der Waals surface area contributed by atoms with Crippen LogP contribution >= 0.6 is 0 Å². The number of aromatic nitrogens is 4. The first-order valence-electron chi connectivity index (χ1n) is 13.3. The topological polar surface area (TPSA) is 116 Å². The number of H-pyrrole nitrogens is 2. The third-order valence-corrected chi connectivity index (χ3v) is 7.45. The van der Waals surface area contributed by atoms with Crippen molar-refractivity contribution in [2.75, 3.05) is 10.6 Å². The number of benzene rings is 4. The van der Waals surface area contributed by atoms with Crippen LogP contribution < -0.4 is 21.8 Å². The molecule has 2 aromatic heterocycles. The third kappa shape index (κ3) is 4.60. The second kappa shape index (κ2) is 9.81. The van der Waals surface area contributed by atoms with Crippen LogP contribution in [0.3, 0.4) is 0 Å². The number of fused-ring (bicyclic) bond motifs is 2. The van der Waals surface area contributed by atoms with Gasteiger partial charge in [0.05, 0.1) is 21.8 Å². The molecular weight excluding hydrogens is 500 g/mol. The van der Waals surface area contributed by atoms with Gasteiger partial charge in [0.2, 0.25) is 11.9 Å². The number of hydrogen-bond donors (Lipinski definition) is 4. The van der Waals surface area contributed by atoms with Gasteiger partial charge in [-0.15, -0.1) is 0 Å². The predicted octanol–water partition coefficient (Wildman–Crippen LogP) is 5.53. The van der Waals surface area contributed by atoms with Crippen molar-refractivity contribution in [1.29, 1.82) is 0 Å². The molecule has 8 heteroatoms. The normalized spacial score (nSPS) is 12.8. The van der Waals surface area contributed by atoms with Crippen LogP contribution in [0.2, 0.25) is 0 Å². The maximum Gasteiger partial charge on any atom is 0.260 e. The van der Waals surface area contributed by atoms with Gasteiger partial charge in [-0.05, 0) is 84.3 Å². The first kappa shape index (κ1) is 23.8. The average Bonchev–Trinajstić information content (AvgIpc) is 2.95. The lowest BCUT2D eigenvalue weighted by molar-refractivity contribution is 0.923. The Morgan fingerprint density at radius 1 is 0.550 bits per heavy atom. The van der Waals surface area contributed by atoms with E-state index >= 15 is 0 Å². The summed E-state index contributed by atoms with van der Waals surface area (Å²) in [6.07, 6.45) is 3.22. The van der Waals surface area contributed by atoms with E-state index in [1.165, 1.54) is 11.1 Å².